The van der Waals surface area contributed by atoms with E-state index in [-0.39, 0.29) is 12.4 Å². The quantitative estimate of drug-likeness (QED) is 0.565. The van der Waals surface area contributed by atoms with Gasteiger partial charge in [-0.1, -0.05) is 12.2 Å². The molecule has 3 nitrogen and oxygen atoms in total. The van der Waals surface area contributed by atoms with Gasteiger partial charge >= 0.3 is 5.97 Å². The number of aromatic nitrogens is 1. The number of esters is 1. The fourth-order valence-electron chi connectivity index (χ4n) is 1.05. The maximum absolute atomic E-state index is 12.8. The van der Waals surface area contributed by atoms with Crippen LogP contribution in [0.3, 0.4) is 0 Å². The summed E-state index contributed by atoms with van der Waals surface area (Å²) in [5.74, 6) is -0.779. The summed E-state index contributed by atoms with van der Waals surface area (Å²) in [5.41, 5.74) is 1.24. The van der Waals surface area contributed by atoms with Crippen LogP contribution in [-0.2, 0) is 9.53 Å². The van der Waals surface area contributed by atoms with Crippen molar-refractivity contribution in [2.75, 3.05) is 7.11 Å². The highest BCUT2D eigenvalue weighted by molar-refractivity contribution is 5.72. The molecular formula is C11H12FNO2. The molecule has 0 aromatic carbocycles. The molecule has 0 N–H and O–H groups in total. The zero-order valence-corrected chi connectivity index (χ0v) is 8.66. The summed E-state index contributed by atoms with van der Waals surface area (Å²) in [5, 5.41) is 0. The smallest absolute Gasteiger partial charge is 0.309 e. The second kappa shape index (κ2) is 5.24. The number of carbonyl (C=O) groups is 1. The topological polar surface area (TPSA) is 39.2 Å². The molecule has 4 heteroatoms. The number of nitrogens with zero attached hydrogens (tertiary/aromatic N) is 1. The van der Waals surface area contributed by atoms with Gasteiger partial charge in [0.2, 0.25) is 5.95 Å². The van der Waals surface area contributed by atoms with Crippen molar-refractivity contribution in [1.29, 1.82) is 0 Å². The molecule has 0 amide bonds. The number of rotatable bonds is 3. The summed E-state index contributed by atoms with van der Waals surface area (Å²) in [6.45, 7) is 1.64. The average Bonchev–Trinajstić information content (AvgIpc) is 2.23. The van der Waals surface area contributed by atoms with Gasteiger partial charge in [-0.05, 0) is 18.6 Å². The first-order valence-electron chi connectivity index (χ1n) is 4.49. The predicted molar refractivity (Wildman–Crippen MR) is 54.6 cm³/mol. The van der Waals surface area contributed by atoms with Crippen LogP contribution in [0, 0.1) is 12.9 Å². The number of hydrogen-bond donors (Lipinski definition) is 0. The summed E-state index contributed by atoms with van der Waals surface area (Å²) in [7, 11) is 1.33. The second-order valence-corrected chi connectivity index (χ2v) is 3.06. The third kappa shape index (κ3) is 3.50. The Hall–Kier alpha value is -1.71. The first-order valence-corrected chi connectivity index (χ1v) is 4.49. The standard InChI is InChI=1S/C11H12FNO2/c1-8-6-9(7-13-11(8)12)4-3-5-10(14)15-2/h3-4,6-7H,5H2,1-2H3. The van der Waals surface area contributed by atoms with Crippen LogP contribution in [0.2, 0.25) is 0 Å². The largest absolute Gasteiger partial charge is 0.469 e. The predicted octanol–water partition coefficient (Wildman–Crippen LogP) is 2.11. The van der Waals surface area contributed by atoms with E-state index in [0.717, 1.165) is 5.56 Å². The van der Waals surface area contributed by atoms with Crippen LogP contribution in [0.15, 0.2) is 18.3 Å². The molecule has 0 radical (unpaired) electrons. The number of pyridine rings is 1. The Bertz CT molecular complexity index is 388. The maximum atomic E-state index is 12.8. The van der Waals surface area contributed by atoms with Gasteiger partial charge in [-0.15, -0.1) is 0 Å². The van der Waals surface area contributed by atoms with Crippen molar-refractivity contribution in [2.45, 2.75) is 13.3 Å². The molecular weight excluding hydrogens is 197 g/mol. The molecule has 0 fully saturated rings. The molecule has 0 spiro atoms. The summed E-state index contributed by atoms with van der Waals surface area (Å²) in [6, 6.07) is 1.66. The molecule has 0 aliphatic rings. The number of ether oxygens (including phenoxy) is 1. The molecule has 0 unspecified atom stereocenters. The number of carbonyl (C=O) groups excluding carboxylic acids is 1. The summed E-state index contributed by atoms with van der Waals surface area (Å²) in [6.07, 6.45) is 4.97. The lowest BCUT2D eigenvalue weighted by Gasteiger charge is -1.97. The molecule has 1 rings (SSSR count). The van der Waals surface area contributed by atoms with E-state index >= 15 is 0 Å². The minimum Gasteiger partial charge on any atom is -0.469 e. The fourth-order valence-corrected chi connectivity index (χ4v) is 1.05. The van der Waals surface area contributed by atoms with E-state index in [1.807, 2.05) is 0 Å². The Kier molecular flexibility index (Phi) is 3.97. The average molecular weight is 209 g/mol. The number of aryl methyl sites for hydroxylation is 1. The van der Waals surface area contributed by atoms with Gasteiger partial charge in [-0.3, -0.25) is 4.79 Å². The van der Waals surface area contributed by atoms with Gasteiger partial charge in [-0.25, -0.2) is 4.98 Å². The molecule has 0 aliphatic carbocycles. The summed E-state index contributed by atoms with van der Waals surface area (Å²) < 4.78 is 17.3. The molecule has 1 heterocycles. The van der Waals surface area contributed by atoms with Gasteiger partial charge in [-0.2, -0.15) is 4.39 Å². The molecule has 1 aromatic rings. The van der Waals surface area contributed by atoms with Gasteiger partial charge in [0.05, 0.1) is 13.5 Å². The summed E-state index contributed by atoms with van der Waals surface area (Å²) >= 11 is 0. The third-order valence-electron chi connectivity index (χ3n) is 1.86. The lowest BCUT2D eigenvalue weighted by atomic mass is 10.2. The molecule has 1 aromatic heterocycles. The van der Waals surface area contributed by atoms with Crippen molar-refractivity contribution < 1.29 is 13.9 Å². The normalized spacial score (nSPS) is 10.6. The first-order chi connectivity index (χ1) is 7.13. The highest BCUT2D eigenvalue weighted by atomic mass is 19.1. The molecule has 15 heavy (non-hydrogen) atoms. The van der Waals surface area contributed by atoms with Crippen LogP contribution >= 0.6 is 0 Å². The maximum Gasteiger partial charge on any atom is 0.309 e. The van der Waals surface area contributed by atoms with Gasteiger partial charge in [0, 0.05) is 11.8 Å². The molecule has 0 aliphatic heterocycles. The van der Waals surface area contributed by atoms with Gasteiger partial charge in [0.1, 0.15) is 0 Å². The fraction of sp³-hybridized carbons (Fsp3) is 0.273. The molecule has 0 bridgehead atoms. The van der Waals surface area contributed by atoms with E-state index in [9.17, 15) is 9.18 Å². The zero-order valence-electron chi connectivity index (χ0n) is 8.66. The van der Waals surface area contributed by atoms with Crippen molar-refractivity contribution in [3.63, 3.8) is 0 Å². The molecule has 0 atom stereocenters. The van der Waals surface area contributed by atoms with E-state index in [4.69, 9.17) is 0 Å². The SMILES string of the molecule is COC(=O)CC=Cc1cnc(F)c(C)c1. The molecule has 0 saturated heterocycles. The second-order valence-electron chi connectivity index (χ2n) is 3.06. The minimum atomic E-state index is -0.472. The van der Waals surface area contributed by atoms with Crippen molar-refractivity contribution in [3.05, 3.63) is 35.4 Å². The van der Waals surface area contributed by atoms with Crippen LogP contribution in [0.25, 0.3) is 6.08 Å². The minimum absolute atomic E-state index is 0.201. The van der Waals surface area contributed by atoms with Crippen LogP contribution in [0.5, 0.6) is 0 Å². The molecule has 80 valence electrons. The van der Waals surface area contributed by atoms with E-state index < -0.39 is 5.95 Å². The van der Waals surface area contributed by atoms with E-state index in [1.54, 1.807) is 25.1 Å². The third-order valence-corrected chi connectivity index (χ3v) is 1.86. The van der Waals surface area contributed by atoms with E-state index in [2.05, 4.69) is 9.72 Å². The van der Waals surface area contributed by atoms with Crippen LogP contribution in [0.1, 0.15) is 17.5 Å². The lowest BCUT2D eigenvalue weighted by molar-refractivity contribution is -0.139. The van der Waals surface area contributed by atoms with E-state index in [0.29, 0.717) is 5.56 Å². The van der Waals surface area contributed by atoms with Crippen molar-refractivity contribution in [1.82, 2.24) is 4.98 Å². The van der Waals surface area contributed by atoms with Crippen LogP contribution < -0.4 is 0 Å². The van der Waals surface area contributed by atoms with Gasteiger partial charge < -0.3 is 4.74 Å². The molecule has 0 saturated carbocycles. The zero-order chi connectivity index (χ0) is 11.3. The number of halogens is 1. The van der Waals surface area contributed by atoms with E-state index in [1.165, 1.54) is 13.3 Å². The Labute approximate surface area is 87.6 Å². The van der Waals surface area contributed by atoms with Crippen molar-refractivity contribution in [2.24, 2.45) is 0 Å². The van der Waals surface area contributed by atoms with Crippen molar-refractivity contribution >= 4 is 12.0 Å². The number of hydrogen-bond acceptors (Lipinski definition) is 3. The van der Waals surface area contributed by atoms with Crippen LogP contribution in [0.4, 0.5) is 4.39 Å². The highest BCUT2D eigenvalue weighted by Crippen LogP contribution is 2.07. The lowest BCUT2D eigenvalue weighted by Crippen LogP contribution is -1.96. The first kappa shape index (κ1) is 11.4. The highest BCUT2D eigenvalue weighted by Gasteiger charge is 1.98. The monoisotopic (exact) mass is 209 g/mol. The summed E-state index contributed by atoms with van der Waals surface area (Å²) in [4.78, 5) is 14.3. The Morgan fingerprint density at radius 1 is 1.67 bits per heavy atom. The van der Waals surface area contributed by atoms with Crippen LogP contribution in [-0.4, -0.2) is 18.1 Å². The van der Waals surface area contributed by atoms with Gasteiger partial charge in [0.15, 0.2) is 0 Å². The number of methoxy groups -OCH3 is 1. The van der Waals surface area contributed by atoms with Crippen molar-refractivity contribution in [3.8, 4) is 0 Å². The Morgan fingerprint density at radius 2 is 2.40 bits per heavy atom. The Balaban J connectivity index is 2.65. The van der Waals surface area contributed by atoms with Gasteiger partial charge in [0.25, 0.3) is 0 Å². The Morgan fingerprint density at radius 3 is 3.00 bits per heavy atom.